The summed E-state index contributed by atoms with van der Waals surface area (Å²) in [7, 11) is 1.40. The number of hydrogen-bond acceptors (Lipinski definition) is 4. The highest BCUT2D eigenvalue weighted by Gasteiger charge is 2.16. The van der Waals surface area contributed by atoms with Crippen LogP contribution in [0.4, 0.5) is 0 Å². The molecule has 2 rings (SSSR count). The van der Waals surface area contributed by atoms with Crippen molar-refractivity contribution in [3.8, 4) is 0 Å². The molecule has 0 saturated carbocycles. The number of rotatable bonds is 3. The van der Waals surface area contributed by atoms with Crippen LogP contribution in [0.15, 0.2) is 24.3 Å². The minimum Gasteiger partial charge on any atom is -0.465 e. The van der Waals surface area contributed by atoms with E-state index in [4.69, 9.17) is 0 Å². The molecule has 2 nitrogen and oxygen atoms in total. The lowest BCUT2D eigenvalue weighted by Crippen LogP contribution is -2.02. The maximum Gasteiger partial charge on any atom is 0.337 e. The molecule has 1 saturated heterocycles. The zero-order chi connectivity index (χ0) is 11.4. The van der Waals surface area contributed by atoms with Gasteiger partial charge in [-0.05, 0) is 24.1 Å². The zero-order valence-electron chi connectivity index (χ0n) is 9.14. The van der Waals surface area contributed by atoms with Crippen LogP contribution in [0.3, 0.4) is 0 Å². The van der Waals surface area contributed by atoms with E-state index < -0.39 is 0 Å². The van der Waals surface area contributed by atoms with E-state index in [2.05, 4.69) is 4.74 Å². The Balaban J connectivity index is 1.98. The van der Waals surface area contributed by atoms with Crippen molar-refractivity contribution in [2.24, 2.45) is 0 Å². The van der Waals surface area contributed by atoms with E-state index >= 15 is 0 Å². The van der Waals surface area contributed by atoms with Gasteiger partial charge in [-0.1, -0.05) is 12.1 Å². The van der Waals surface area contributed by atoms with Crippen molar-refractivity contribution in [3.63, 3.8) is 0 Å². The second kappa shape index (κ2) is 5.64. The van der Waals surface area contributed by atoms with Gasteiger partial charge in [0, 0.05) is 11.5 Å². The van der Waals surface area contributed by atoms with Crippen molar-refractivity contribution >= 4 is 29.5 Å². The molecule has 1 aliphatic heterocycles. The third kappa shape index (κ3) is 2.95. The molecule has 0 spiro atoms. The van der Waals surface area contributed by atoms with E-state index in [1.807, 2.05) is 47.8 Å². The summed E-state index contributed by atoms with van der Waals surface area (Å²) in [5.74, 6) is 2.25. The molecule has 0 radical (unpaired) electrons. The van der Waals surface area contributed by atoms with Crippen LogP contribution < -0.4 is 0 Å². The Bertz CT molecular complexity index is 356. The molecule has 4 heteroatoms. The molecule has 16 heavy (non-hydrogen) atoms. The molecular weight excluding hydrogens is 240 g/mol. The first-order chi connectivity index (χ1) is 7.79. The fourth-order valence-corrected chi connectivity index (χ4v) is 4.49. The molecule has 1 aliphatic rings. The molecule has 1 fully saturated rings. The van der Waals surface area contributed by atoms with Gasteiger partial charge < -0.3 is 4.74 Å². The molecule has 0 bridgehead atoms. The Morgan fingerprint density at radius 3 is 2.50 bits per heavy atom. The monoisotopic (exact) mass is 254 g/mol. The minimum atomic E-state index is -0.267. The van der Waals surface area contributed by atoms with E-state index in [0.29, 0.717) is 10.1 Å². The largest absolute Gasteiger partial charge is 0.465 e. The fraction of sp³-hybridized carbons (Fsp3) is 0.417. The van der Waals surface area contributed by atoms with E-state index in [0.717, 1.165) is 6.42 Å². The molecule has 0 atom stereocenters. The Hall–Kier alpha value is -0.610. The molecule has 0 unspecified atom stereocenters. The maximum absolute atomic E-state index is 11.2. The van der Waals surface area contributed by atoms with Crippen molar-refractivity contribution in [1.29, 1.82) is 0 Å². The van der Waals surface area contributed by atoms with Gasteiger partial charge in [0.1, 0.15) is 0 Å². The second-order valence-electron chi connectivity index (χ2n) is 3.56. The maximum atomic E-state index is 11.2. The number of thioether (sulfide) groups is 2. The third-order valence-corrected chi connectivity index (χ3v) is 5.50. The van der Waals surface area contributed by atoms with E-state index in [1.165, 1.54) is 24.2 Å². The van der Waals surface area contributed by atoms with Gasteiger partial charge >= 0.3 is 5.97 Å². The molecule has 1 aromatic rings. The van der Waals surface area contributed by atoms with Gasteiger partial charge in [0.25, 0.3) is 0 Å². The lowest BCUT2D eigenvalue weighted by Gasteiger charge is -2.08. The molecule has 0 N–H and O–H groups in total. The average Bonchev–Trinajstić information content (AvgIpc) is 2.82. The molecule has 86 valence electrons. The lowest BCUT2D eigenvalue weighted by atomic mass is 10.1. The van der Waals surface area contributed by atoms with Gasteiger partial charge in [0.2, 0.25) is 0 Å². The predicted molar refractivity (Wildman–Crippen MR) is 70.2 cm³/mol. The van der Waals surface area contributed by atoms with E-state index in [1.54, 1.807) is 0 Å². The Kier molecular flexibility index (Phi) is 4.18. The summed E-state index contributed by atoms with van der Waals surface area (Å²) in [6.45, 7) is 0. The fourth-order valence-electron chi connectivity index (χ4n) is 1.61. The van der Waals surface area contributed by atoms with Crippen molar-refractivity contribution in [2.45, 2.75) is 11.0 Å². The van der Waals surface area contributed by atoms with Crippen LogP contribution >= 0.6 is 23.5 Å². The summed E-state index contributed by atoms with van der Waals surface area (Å²) < 4.78 is 5.35. The zero-order valence-corrected chi connectivity index (χ0v) is 10.8. The van der Waals surface area contributed by atoms with Gasteiger partial charge in [0.05, 0.1) is 17.3 Å². The molecular formula is C12H14O2S2. The van der Waals surface area contributed by atoms with Crippen LogP contribution in [0.25, 0.3) is 0 Å². The van der Waals surface area contributed by atoms with Crippen LogP contribution in [-0.2, 0) is 11.2 Å². The average molecular weight is 254 g/mol. The summed E-state index contributed by atoms with van der Waals surface area (Å²) in [6, 6.07) is 7.72. The third-order valence-electron chi connectivity index (χ3n) is 2.47. The van der Waals surface area contributed by atoms with Crippen LogP contribution in [0.1, 0.15) is 15.9 Å². The van der Waals surface area contributed by atoms with Crippen molar-refractivity contribution in [2.75, 3.05) is 18.6 Å². The first-order valence-corrected chi connectivity index (χ1v) is 7.30. The van der Waals surface area contributed by atoms with Gasteiger partial charge in [-0.25, -0.2) is 4.79 Å². The van der Waals surface area contributed by atoms with Crippen LogP contribution in [0.2, 0.25) is 0 Å². The number of hydrogen-bond donors (Lipinski definition) is 0. The summed E-state index contributed by atoms with van der Waals surface area (Å²) in [5.41, 5.74) is 1.91. The van der Waals surface area contributed by atoms with Gasteiger partial charge in [0.15, 0.2) is 0 Å². The summed E-state index contributed by atoms with van der Waals surface area (Å²) in [4.78, 5) is 11.2. The number of carbonyl (C=O) groups is 1. The Morgan fingerprint density at radius 2 is 1.94 bits per heavy atom. The van der Waals surface area contributed by atoms with E-state index in [-0.39, 0.29) is 5.97 Å². The normalized spacial score (nSPS) is 16.3. The quantitative estimate of drug-likeness (QED) is 0.775. The molecule has 0 aliphatic carbocycles. The highest BCUT2D eigenvalue weighted by atomic mass is 32.2. The minimum absolute atomic E-state index is 0.267. The van der Waals surface area contributed by atoms with Crippen molar-refractivity contribution < 1.29 is 9.53 Å². The number of benzene rings is 1. The van der Waals surface area contributed by atoms with Crippen LogP contribution in [0.5, 0.6) is 0 Å². The van der Waals surface area contributed by atoms with Gasteiger partial charge in [-0.3, -0.25) is 0 Å². The van der Waals surface area contributed by atoms with E-state index in [9.17, 15) is 4.79 Å². The summed E-state index contributed by atoms with van der Waals surface area (Å²) >= 11 is 4.05. The molecule has 1 heterocycles. The molecule has 0 aromatic heterocycles. The standard InChI is InChI=1S/C12H14O2S2/c1-14-12(13)10-4-2-9(3-5-10)8-11-15-6-7-16-11/h2-5,11H,6-8H2,1H3. The first-order valence-electron chi connectivity index (χ1n) is 5.20. The highest BCUT2D eigenvalue weighted by molar-refractivity contribution is 8.20. The van der Waals surface area contributed by atoms with Crippen molar-refractivity contribution in [3.05, 3.63) is 35.4 Å². The SMILES string of the molecule is COC(=O)c1ccc(CC2SCCS2)cc1. The number of ether oxygens (including phenoxy) is 1. The van der Waals surface area contributed by atoms with Crippen molar-refractivity contribution in [1.82, 2.24) is 0 Å². The molecule has 1 aromatic carbocycles. The number of esters is 1. The summed E-state index contributed by atoms with van der Waals surface area (Å²) in [5, 5.41) is 0. The Morgan fingerprint density at radius 1 is 1.31 bits per heavy atom. The summed E-state index contributed by atoms with van der Waals surface area (Å²) in [6.07, 6.45) is 1.08. The van der Waals surface area contributed by atoms with Gasteiger partial charge in [-0.2, -0.15) is 0 Å². The first kappa shape index (κ1) is 11.9. The smallest absolute Gasteiger partial charge is 0.337 e. The lowest BCUT2D eigenvalue weighted by molar-refractivity contribution is 0.0600. The number of methoxy groups -OCH3 is 1. The second-order valence-corrected chi connectivity index (χ2v) is 6.48. The van der Waals surface area contributed by atoms with Gasteiger partial charge in [-0.15, -0.1) is 23.5 Å². The number of carbonyl (C=O) groups excluding carboxylic acids is 1. The topological polar surface area (TPSA) is 26.3 Å². The Labute approximate surface area is 104 Å². The van der Waals surface area contributed by atoms with Crippen LogP contribution in [0, 0.1) is 0 Å². The molecule has 0 amide bonds. The predicted octanol–water partition coefficient (Wildman–Crippen LogP) is 2.82. The highest BCUT2D eigenvalue weighted by Crippen LogP contribution is 2.34. The van der Waals surface area contributed by atoms with Crippen LogP contribution in [-0.4, -0.2) is 29.2 Å².